The minimum Gasteiger partial charge on any atom is -0.494 e. The van der Waals surface area contributed by atoms with Gasteiger partial charge in [0.05, 0.1) is 31.5 Å². The first-order chi connectivity index (χ1) is 23.3. The molecule has 250 valence electrons. The van der Waals surface area contributed by atoms with Gasteiger partial charge in [-0.3, -0.25) is 0 Å². The lowest BCUT2D eigenvalue weighted by Gasteiger charge is -2.19. The summed E-state index contributed by atoms with van der Waals surface area (Å²) in [5, 5.41) is 8.05. The zero-order valence-corrected chi connectivity index (χ0v) is 28.1. The first-order valence-corrected chi connectivity index (χ1v) is 16.8. The van der Waals surface area contributed by atoms with Gasteiger partial charge in [-0.1, -0.05) is 58.9 Å². The zero-order chi connectivity index (χ0) is 33.9. The van der Waals surface area contributed by atoms with Gasteiger partial charge in [-0.25, -0.2) is 4.79 Å². The highest BCUT2D eigenvalue weighted by molar-refractivity contribution is 9.10. The average Bonchev–Trinajstić information content (AvgIpc) is 3.93. The molecular weight excluding hydrogens is 680 g/mol. The molecule has 0 amide bonds. The van der Waals surface area contributed by atoms with Crippen molar-refractivity contribution in [3.05, 3.63) is 119 Å². The number of carbonyl (C=O) groups is 1. The highest BCUT2D eigenvalue weighted by Gasteiger charge is 2.34. The van der Waals surface area contributed by atoms with Gasteiger partial charge in [0.25, 0.3) is 0 Å². The van der Waals surface area contributed by atoms with Crippen LogP contribution in [0.3, 0.4) is 0 Å². The molecule has 6 nitrogen and oxygen atoms in total. The first kappa shape index (κ1) is 35.0. The first-order valence-electron chi connectivity index (χ1n) is 16.0. The number of rotatable bonds is 18. The predicted octanol–water partition coefficient (Wildman–Crippen LogP) is 9.91. The fourth-order valence-corrected chi connectivity index (χ4v) is 5.91. The number of hydrogen-bond acceptors (Lipinski definition) is 6. The molecule has 0 bridgehead atoms. The smallest absolute Gasteiger partial charge is 0.426 e. The van der Waals surface area contributed by atoms with E-state index in [0.29, 0.717) is 30.6 Å². The van der Waals surface area contributed by atoms with Gasteiger partial charge in [0.15, 0.2) is 0 Å². The third-order valence-electron chi connectivity index (χ3n) is 8.03. The number of nitrogens with one attached hydrogen (secondary N) is 1. The van der Waals surface area contributed by atoms with Crippen LogP contribution < -0.4 is 9.47 Å². The molecule has 1 unspecified atom stereocenters. The quantitative estimate of drug-likeness (QED) is 0.0364. The molecule has 0 radical (unpaired) electrons. The van der Waals surface area contributed by atoms with Gasteiger partial charge >= 0.3 is 12.1 Å². The van der Waals surface area contributed by atoms with Crippen LogP contribution in [0.5, 0.6) is 11.5 Å². The molecule has 4 aromatic carbocycles. The molecule has 1 aliphatic heterocycles. The van der Waals surface area contributed by atoms with Gasteiger partial charge in [0.1, 0.15) is 11.5 Å². The number of unbranched alkanes of at least 4 members (excludes halogenated alkanes) is 3. The number of epoxide rings is 1. The number of benzene rings is 4. The van der Waals surface area contributed by atoms with E-state index in [9.17, 15) is 4.79 Å². The molecule has 4 aromatic rings. The molecule has 0 spiro atoms. The van der Waals surface area contributed by atoms with Gasteiger partial charge < -0.3 is 24.4 Å². The second-order valence-corrected chi connectivity index (χ2v) is 12.4. The number of halogens is 3. The molecule has 1 heterocycles. The molecular formula is C39H38BrF2NO5. The number of ether oxygens (including phenoxy) is 4. The summed E-state index contributed by atoms with van der Waals surface area (Å²) in [5.74, 6) is 0.0949. The highest BCUT2D eigenvalue weighted by Crippen LogP contribution is 2.36. The Morgan fingerprint density at radius 1 is 0.896 bits per heavy atom. The summed E-state index contributed by atoms with van der Waals surface area (Å²) in [6, 6.07) is 24.3. The van der Waals surface area contributed by atoms with Crippen molar-refractivity contribution in [1.29, 1.82) is 5.41 Å². The lowest BCUT2D eigenvalue weighted by Crippen LogP contribution is -2.21. The molecule has 1 fully saturated rings. The highest BCUT2D eigenvalue weighted by atomic mass is 79.9. The van der Waals surface area contributed by atoms with E-state index >= 15 is 8.78 Å². The van der Waals surface area contributed by atoms with Crippen molar-refractivity contribution in [2.24, 2.45) is 0 Å². The van der Waals surface area contributed by atoms with Gasteiger partial charge in [-0.05, 0) is 115 Å². The second-order valence-electron chi connectivity index (χ2n) is 11.6. The van der Waals surface area contributed by atoms with Crippen LogP contribution in [0, 0.1) is 5.41 Å². The van der Waals surface area contributed by atoms with Crippen LogP contribution in [-0.4, -0.2) is 38.1 Å². The minimum atomic E-state index is -3.55. The maximum Gasteiger partial charge on any atom is 0.426 e. The van der Waals surface area contributed by atoms with E-state index in [1.54, 1.807) is 12.1 Å². The SMILES string of the molecule is C=CC(=O)OCCCCCCOc1ccc(C(F)(F)Oc2ccc(-c3ccc(-c4ccc(CCC5CO5)cc4Br)cc3C=N)cc2)cc1. The van der Waals surface area contributed by atoms with Crippen molar-refractivity contribution in [1.82, 2.24) is 0 Å². The van der Waals surface area contributed by atoms with Crippen molar-refractivity contribution in [2.45, 2.75) is 50.7 Å². The molecule has 0 aliphatic carbocycles. The molecule has 1 saturated heterocycles. The van der Waals surface area contributed by atoms with E-state index in [1.807, 2.05) is 18.2 Å². The fourth-order valence-electron chi connectivity index (χ4n) is 5.26. The Hall–Kier alpha value is -4.34. The average molecular weight is 719 g/mol. The molecule has 1 N–H and O–H groups in total. The molecule has 5 rings (SSSR count). The Labute approximate surface area is 288 Å². The normalized spacial score (nSPS) is 13.9. The Morgan fingerprint density at radius 3 is 2.23 bits per heavy atom. The number of esters is 1. The van der Waals surface area contributed by atoms with Crippen molar-refractivity contribution in [3.63, 3.8) is 0 Å². The van der Waals surface area contributed by atoms with Crippen molar-refractivity contribution in [3.8, 4) is 33.8 Å². The van der Waals surface area contributed by atoms with Crippen LogP contribution in [0.2, 0.25) is 0 Å². The lowest BCUT2D eigenvalue weighted by molar-refractivity contribution is -0.185. The van der Waals surface area contributed by atoms with Gasteiger partial charge in [-0.15, -0.1) is 0 Å². The number of alkyl halides is 2. The maximum atomic E-state index is 15.0. The molecule has 0 aromatic heterocycles. The van der Waals surface area contributed by atoms with E-state index in [0.717, 1.165) is 77.9 Å². The van der Waals surface area contributed by atoms with Crippen LogP contribution in [0.15, 0.2) is 102 Å². The lowest BCUT2D eigenvalue weighted by atomic mass is 9.94. The third-order valence-corrected chi connectivity index (χ3v) is 8.69. The van der Waals surface area contributed by atoms with E-state index in [4.69, 9.17) is 24.4 Å². The Kier molecular flexibility index (Phi) is 12.1. The van der Waals surface area contributed by atoms with E-state index in [1.165, 1.54) is 48.2 Å². The summed E-state index contributed by atoms with van der Waals surface area (Å²) in [5.41, 5.74) is 5.26. The van der Waals surface area contributed by atoms with Crippen LogP contribution in [-0.2, 0) is 26.8 Å². The van der Waals surface area contributed by atoms with E-state index in [-0.39, 0.29) is 11.3 Å². The van der Waals surface area contributed by atoms with Crippen LogP contribution in [0.4, 0.5) is 8.78 Å². The predicted molar refractivity (Wildman–Crippen MR) is 187 cm³/mol. The van der Waals surface area contributed by atoms with Crippen molar-refractivity contribution < 1.29 is 32.5 Å². The standard InChI is InChI=1S/C39H38BrF2NO5/c1-2-38(44)46-22-6-4-3-5-21-45-32-17-12-31(13-18-32)39(41,42)48-33-15-9-28(10-16-33)35-20-11-29(24-30(35)25-43)36-19-8-27(23-37(36)40)7-14-34-26-47-34/h2,8-13,15-20,23-25,34,43H,1,3-7,14,21-22,26H2. The molecule has 9 heteroatoms. The summed E-state index contributed by atoms with van der Waals surface area (Å²) >= 11 is 3.71. The minimum absolute atomic E-state index is 0.0219. The number of aryl methyl sites for hydroxylation is 1. The maximum absolute atomic E-state index is 15.0. The summed E-state index contributed by atoms with van der Waals surface area (Å²) < 4.78 is 52.1. The van der Waals surface area contributed by atoms with Crippen molar-refractivity contribution in [2.75, 3.05) is 19.8 Å². The Balaban J connectivity index is 1.14. The Bertz CT molecular complexity index is 1700. The summed E-state index contributed by atoms with van der Waals surface area (Å²) in [6.07, 6.45) is 4.60. The second kappa shape index (κ2) is 16.7. The summed E-state index contributed by atoms with van der Waals surface area (Å²) in [7, 11) is 0. The monoisotopic (exact) mass is 717 g/mol. The molecule has 0 saturated carbocycles. The Morgan fingerprint density at radius 2 is 1.56 bits per heavy atom. The van der Waals surface area contributed by atoms with Crippen LogP contribution in [0.25, 0.3) is 22.3 Å². The summed E-state index contributed by atoms with van der Waals surface area (Å²) in [6.45, 7) is 5.02. The molecule has 1 atom stereocenters. The van der Waals surface area contributed by atoms with Crippen LogP contribution >= 0.6 is 15.9 Å². The van der Waals surface area contributed by atoms with Gasteiger partial charge in [0.2, 0.25) is 0 Å². The summed E-state index contributed by atoms with van der Waals surface area (Å²) in [4.78, 5) is 11.0. The third kappa shape index (κ3) is 9.84. The van der Waals surface area contributed by atoms with E-state index < -0.39 is 12.1 Å². The van der Waals surface area contributed by atoms with Crippen LogP contribution in [0.1, 0.15) is 48.8 Å². The van der Waals surface area contributed by atoms with Gasteiger partial charge in [0, 0.05) is 22.3 Å². The number of carbonyl (C=O) groups excluding carboxylic acids is 1. The van der Waals surface area contributed by atoms with Gasteiger partial charge in [-0.2, -0.15) is 8.78 Å². The number of hydrogen-bond donors (Lipinski definition) is 1. The zero-order valence-electron chi connectivity index (χ0n) is 26.6. The molecule has 48 heavy (non-hydrogen) atoms. The van der Waals surface area contributed by atoms with E-state index in [2.05, 4.69) is 40.7 Å². The topological polar surface area (TPSA) is 81.1 Å². The fraction of sp³-hybridized carbons (Fsp3) is 0.282. The molecule has 1 aliphatic rings. The largest absolute Gasteiger partial charge is 0.494 e. The van der Waals surface area contributed by atoms with Crippen molar-refractivity contribution >= 4 is 28.1 Å².